The van der Waals surface area contributed by atoms with Crippen molar-refractivity contribution in [2.75, 3.05) is 0 Å². The molecule has 4 aliphatic heterocycles. The van der Waals surface area contributed by atoms with Crippen LogP contribution >= 0.6 is 0 Å². The van der Waals surface area contributed by atoms with Gasteiger partial charge in [-0.3, -0.25) is 0 Å². The molecule has 18 rings (SSSR count). The topological polar surface area (TPSA) is 36.9 Å². The largest absolute Gasteiger partial charge is 0.456 e. The van der Waals surface area contributed by atoms with Crippen LogP contribution in [0.1, 0.15) is 291 Å². The number of hydrogen-bond donors (Lipinski definition) is 0. The van der Waals surface area contributed by atoms with Crippen LogP contribution in [0.5, 0.6) is 46.0 Å². The van der Waals surface area contributed by atoms with Crippen molar-refractivity contribution in [3.63, 3.8) is 0 Å². The first-order valence-electron chi connectivity index (χ1n) is 45.9. The summed E-state index contributed by atoms with van der Waals surface area (Å²) in [5.74, 6) is 9.19. The molecule has 0 saturated heterocycles. The third-order valence-electron chi connectivity index (χ3n) is 32.8. The molecule has 0 unspecified atom stereocenters. The van der Waals surface area contributed by atoms with Crippen LogP contribution < -0.4 is 18.9 Å². The average molecular weight is 1660 g/mol. The molecule has 4 aliphatic rings. The summed E-state index contributed by atoms with van der Waals surface area (Å²) < 4.78 is 27.2. The van der Waals surface area contributed by atoms with Crippen LogP contribution in [0, 0.1) is 249 Å². The Morgan fingerprint density at radius 3 is 0.706 bits per heavy atom. The quantitative estimate of drug-likeness (QED) is 0.172. The Labute approximate surface area is 755 Å². The van der Waals surface area contributed by atoms with Gasteiger partial charge in [-0.1, -0.05) is 133 Å². The van der Waals surface area contributed by atoms with Gasteiger partial charge in [0.15, 0.2) is 0 Å². The van der Waals surface area contributed by atoms with Crippen LogP contribution in [0.2, 0.25) is 0 Å². The van der Waals surface area contributed by atoms with Gasteiger partial charge in [0.1, 0.15) is 46.0 Å². The molecule has 0 amide bonds. The summed E-state index contributed by atoms with van der Waals surface area (Å²) in [4.78, 5) is 0. The lowest BCUT2D eigenvalue weighted by Crippen LogP contribution is -2.20. The molecule has 4 heterocycles. The molecule has 0 radical (unpaired) electrons. The van der Waals surface area contributed by atoms with E-state index < -0.39 is 0 Å². The van der Waals surface area contributed by atoms with Gasteiger partial charge >= 0.3 is 0 Å². The van der Waals surface area contributed by atoms with E-state index in [-0.39, 0.29) is 23.7 Å². The molecule has 4 nitrogen and oxygen atoms in total. The molecule has 0 fully saturated rings. The van der Waals surface area contributed by atoms with Gasteiger partial charge in [-0.2, -0.15) is 0 Å². The molecule has 0 atom stereocenters. The van der Waals surface area contributed by atoms with E-state index in [1.165, 1.54) is 289 Å². The standard InChI is InChI=1S/C33H34O.C31H32O.2C29H34O/c1-18-20(3)24(7)32-29(22(18)5)31(30-23(6)19(2)21(4)25(8)33(30)34-32)28-16-14-27(15-17-28)26-12-10-9-11-13-26;1-16-18(3)22(7)30-27(20(16)5)29(26-14-13-24-11-9-10-12-25(24)15-26)28-21(6)17(2)19(4)23(8)31(28)32-30;1-14-11-12-24(13-15(14)2)27-25-20(7)16(3)18(5)22(9)28(25)30-29-23(10)19(6)17(4)21(8)26(27)29;1-14-12-11-13-24(15(14)2)27-25-20(7)16(3)18(5)22(9)28(25)30-29-23(10)19(6)17(4)21(8)26(27)29/h9-17,31H,1-8H3;9-15,29H,1-8H3;2*11-13,27H,1-10H3. The van der Waals surface area contributed by atoms with E-state index >= 15 is 0 Å². The molecule has 126 heavy (non-hydrogen) atoms. The summed E-state index contributed by atoms with van der Waals surface area (Å²) in [6.07, 6.45) is 0. The number of ether oxygens (including phenoxy) is 4. The van der Waals surface area contributed by atoms with Crippen LogP contribution in [0.4, 0.5) is 0 Å². The van der Waals surface area contributed by atoms with E-state index in [4.69, 9.17) is 18.9 Å². The normalized spacial score (nSPS) is 13.0. The molecule has 0 aliphatic carbocycles. The Morgan fingerprint density at radius 2 is 0.397 bits per heavy atom. The molecule has 14 aromatic carbocycles. The Bertz CT molecular complexity index is 6640. The van der Waals surface area contributed by atoms with E-state index in [2.05, 4.69) is 383 Å². The number of aryl methyl sites for hydroxylation is 3. The van der Waals surface area contributed by atoms with Crippen molar-refractivity contribution in [3.05, 3.63) is 401 Å². The molecule has 0 N–H and O–H groups in total. The van der Waals surface area contributed by atoms with Crippen molar-refractivity contribution in [2.45, 2.75) is 273 Å². The summed E-state index contributed by atoms with van der Waals surface area (Å²) >= 11 is 0. The van der Waals surface area contributed by atoms with E-state index in [0.29, 0.717) is 0 Å². The zero-order valence-corrected chi connectivity index (χ0v) is 82.6. The molecule has 0 aromatic heterocycles. The second-order valence-corrected chi connectivity index (χ2v) is 38.3. The minimum atomic E-state index is 0.152. The highest BCUT2D eigenvalue weighted by Crippen LogP contribution is 2.61. The van der Waals surface area contributed by atoms with Crippen molar-refractivity contribution in [1.29, 1.82) is 0 Å². The summed E-state index contributed by atoms with van der Waals surface area (Å²) in [5.41, 5.74) is 66.6. The molecule has 0 saturated carbocycles. The zero-order chi connectivity index (χ0) is 91.3. The SMILES string of the molecule is Cc1c(C)c(C)c2c(c1C)Oc1c(C)c(C)c(C)c(C)c1C2c1ccc(-c2ccccc2)cc1.Cc1c(C)c(C)c2c(c1C)Oc1c(C)c(C)c(C)c(C)c1C2c1ccc2ccccc2c1.Cc1ccc(C2c3c(C)c(C)c(C)c(C)c3Oc3c(C)c(C)c(C)c(C)c32)cc1C.Cc1cccc(C2c3c(C)c(C)c(C)c(C)c3Oc3c(C)c(C)c(C)c(C)c32)c1C. The Morgan fingerprint density at radius 1 is 0.151 bits per heavy atom. The van der Waals surface area contributed by atoms with Crippen LogP contribution in [-0.2, 0) is 0 Å². The smallest absolute Gasteiger partial charge is 0.135 e. The van der Waals surface area contributed by atoms with Gasteiger partial charge in [0.2, 0.25) is 0 Å². The number of hydrogen-bond acceptors (Lipinski definition) is 4. The number of benzene rings is 14. The van der Waals surface area contributed by atoms with Gasteiger partial charge in [0, 0.05) is 68.2 Å². The van der Waals surface area contributed by atoms with E-state index in [0.717, 1.165) is 46.0 Å². The lowest BCUT2D eigenvalue weighted by Gasteiger charge is -2.36. The minimum Gasteiger partial charge on any atom is -0.456 e. The third-order valence-corrected chi connectivity index (χ3v) is 32.8. The van der Waals surface area contributed by atoms with E-state index in [1.54, 1.807) is 0 Å². The van der Waals surface area contributed by atoms with Gasteiger partial charge in [0.05, 0.1) is 0 Å². The molecular weight excluding hydrogens is 1530 g/mol. The monoisotopic (exact) mass is 1660 g/mol. The molecule has 0 spiro atoms. The van der Waals surface area contributed by atoms with E-state index in [1.807, 2.05) is 0 Å². The predicted molar refractivity (Wildman–Crippen MR) is 535 cm³/mol. The first-order valence-corrected chi connectivity index (χ1v) is 45.9. The fourth-order valence-electron chi connectivity index (χ4n) is 21.5. The van der Waals surface area contributed by atoms with Crippen LogP contribution in [0.15, 0.2) is 133 Å². The van der Waals surface area contributed by atoms with Crippen molar-refractivity contribution >= 4 is 10.8 Å². The lowest BCUT2D eigenvalue weighted by atomic mass is 9.73. The maximum Gasteiger partial charge on any atom is 0.135 e. The van der Waals surface area contributed by atoms with Gasteiger partial charge in [-0.15, -0.1) is 0 Å². The first-order chi connectivity index (χ1) is 59.6. The molecule has 4 heteroatoms. The second-order valence-electron chi connectivity index (χ2n) is 38.3. The first kappa shape index (κ1) is 89.4. The van der Waals surface area contributed by atoms with Crippen molar-refractivity contribution in [2.24, 2.45) is 0 Å². The second kappa shape index (κ2) is 33.7. The maximum absolute atomic E-state index is 6.82. The molecule has 14 aromatic rings. The van der Waals surface area contributed by atoms with Crippen molar-refractivity contribution in [3.8, 4) is 57.1 Å². The van der Waals surface area contributed by atoms with Gasteiger partial charge < -0.3 is 18.9 Å². The molecule has 0 bridgehead atoms. The highest BCUT2D eigenvalue weighted by molar-refractivity contribution is 5.85. The van der Waals surface area contributed by atoms with Gasteiger partial charge in [-0.25, -0.2) is 0 Å². The summed E-state index contributed by atoms with van der Waals surface area (Å²) in [6.45, 7) is 80.6. The van der Waals surface area contributed by atoms with Crippen molar-refractivity contribution in [1.82, 2.24) is 0 Å². The Kier molecular flexibility index (Phi) is 23.9. The summed E-state index contributed by atoms with van der Waals surface area (Å²) in [7, 11) is 0. The number of rotatable bonds is 5. The average Bonchev–Trinajstić information content (AvgIpc) is 0.733. The maximum atomic E-state index is 6.82. The molecule has 646 valence electrons. The molecular formula is C122H134O4. The Balaban J connectivity index is 0.000000130. The predicted octanol–water partition coefficient (Wildman–Crippen LogP) is 33.8. The number of fused-ring (bicyclic) bond motifs is 9. The van der Waals surface area contributed by atoms with Gasteiger partial charge in [-0.05, 0) is 494 Å². The Hall–Kier alpha value is -11.5. The van der Waals surface area contributed by atoms with Crippen LogP contribution in [0.25, 0.3) is 21.9 Å². The summed E-state index contributed by atoms with van der Waals surface area (Å²) in [5, 5.41) is 2.57. The zero-order valence-electron chi connectivity index (χ0n) is 82.6. The van der Waals surface area contributed by atoms with Crippen LogP contribution in [-0.4, -0.2) is 0 Å². The van der Waals surface area contributed by atoms with Gasteiger partial charge in [0.25, 0.3) is 0 Å². The fourth-order valence-corrected chi connectivity index (χ4v) is 21.5. The fraction of sp³-hybridized carbons (Fsp3) is 0.328. The highest BCUT2D eigenvalue weighted by Gasteiger charge is 2.42. The minimum absolute atomic E-state index is 0.152. The third kappa shape index (κ3) is 14.2. The summed E-state index contributed by atoms with van der Waals surface area (Å²) in [6, 6.07) is 49.1. The lowest BCUT2D eigenvalue weighted by molar-refractivity contribution is 0.442. The van der Waals surface area contributed by atoms with Crippen molar-refractivity contribution < 1.29 is 18.9 Å². The highest BCUT2D eigenvalue weighted by atomic mass is 16.5. The van der Waals surface area contributed by atoms with E-state index in [9.17, 15) is 0 Å². The van der Waals surface area contributed by atoms with Crippen LogP contribution in [0.3, 0.4) is 0 Å².